The van der Waals surface area contributed by atoms with Crippen LogP contribution >= 0.6 is 0 Å². The third-order valence-corrected chi connectivity index (χ3v) is 3.07. The topological polar surface area (TPSA) is 76.0 Å². The largest absolute Gasteiger partial charge is 0.482 e. The van der Waals surface area contributed by atoms with E-state index in [1.54, 1.807) is 36.4 Å². The van der Waals surface area contributed by atoms with Crippen molar-refractivity contribution in [1.29, 1.82) is 0 Å². The summed E-state index contributed by atoms with van der Waals surface area (Å²) in [4.78, 5) is 10.4. The van der Waals surface area contributed by atoms with Crippen molar-refractivity contribution in [1.82, 2.24) is 0 Å². The lowest BCUT2D eigenvalue weighted by Gasteiger charge is -2.27. The van der Waals surface area contributed by atoms with E-state index in [0.29, 0.717) is 16.9 Å². The summed E-state index contributed by atoms with van der Waals surface area (Å²) in [6, 6.07) is 15.4. The number of hydrogen-bond donors (Lipinski definition) is 2. The van der Waals surface area contributed by atoms with Crippen LogP contribution in [0.15, 0.2) is 54.6 Å². The van der Waals surface area contributed by atoms with Gasteiger partial charge in [-0.05, 0) is 24.3 Å². The van der Waals surface area contributed by atoms with Crippen LogP contribution in [0.2, 0.25) is 0 Å². The molecule has 110 valence electrons. The number of rotatable bonds is 6. The zero-order chi connectivity index (χ0) is 15.3. The molecule has 0 bridgehead atoms. The van der Waals surface area contributed by atoms with Crippen LogP contribution in [0, 0.1) is 0 Å². The highest BCUT2D eigenvalue weighted by atomic mass is 16.6. The first-order valence-corrected chi connectivity index (χ1v) is 6.34. The minimum absolute atomic E-state index is 0.410. The molecule has 0 amide bonds. The molecule has 2 aromatic rings. The van der Waals surface area contributed by atoms with Crippen LogP contribution in [0.3, 0.4) is 0 Å². The number of ether oxygens (including phenoxy) is 2. The van der Waals surface area contributed by atoms with E-state index < -0.39 is 18.4 Å². The molecule has 0 saturated heterocycles. The highest BCUT2D eigenvalue weighted by Gasteiger charge is 2.31. The molecule has 0 fully saturated rings. The molecular formula is C16H16O5. The average Bonchev–Trinajstić information content (AvgIpc) is 2.53. The van der Waals surface area contributed by atoms with E-state index in [1.165, 1.54) is 7.11 Å². The lowest BCUT2D eigenvalue weighted by Crippen LogP contribution is -2.29. The average molecular weight is 288 g/mol. The second-order valence-electron chi connectivity index (χ2n) is 4.42. The lowest BCUT2D eigenvalue weighted by molar-refractivity contribution is -0.159. The SMILES string of the molecule is COC(O)(c1ccccc1)c1ccc(OCC(=O)O)cc1. The van der Waals surface area contributed by atoms with Gasteiger partial charge >= 0.3 is 5.97 Å². The molecule has 0 aliphatic heterocycles. The quantitative estimate of drug-likeness (QED) is 0.795. The van der Waals surface area contributed by atoms with Crippen molar-refractivity contribution >= 4 is 5.97 Å². The fourth-order valence-corrected chi connectivity index (χ4v) is 1.99. The van der Waals surface area contributed by atoms with Gasteiger partial charge in [-0.3, -0.25) is 0 Å². The van der Waals surface area contributed by atoms with Crippen molar-refractivity contribution < 1.29 is 24.5 Å². The summed E-state index contributed by atoms with van der Waals surface area (Å²) >= 11 is 0. The van der Waals surface area contributed by atoms with E-state index in [1.807, 2.05) is 18.2 Å². The van der Waals surface area contributed by atoms with Crippen molar-refractivity contribution in [3.63, 3.8) is 0 Å². The maximum absolute atomic E-state index is 10.7. The molecule has 21 heavy (non-hydrogen) atoms. The van der Waals surface area contributed by atoms with E-state index >= 15 is 0 Å². The van der Waals surface area contributed by atoms with E-state index in [2.05, 4.69) is 0 Å². The molecule has 2 N–H and O–H groups in total. The molecule has 0 heterocycles. The van der Waals surface area contributed by atoms with Crippen LogP contribution in [0.25, 0.3) is 0 Å². The Morgan fingerprint density at radius 2 is 1.62 bits per heavy atom. The number of carbonyl (C=O) groups is 1. The van der Waals surface area contributed by atoms with Crippen molar-refractivity contribution in [2.45, 2.75) is 5.79 Å². The Morgan fingerprint density at radius 3 is 2.14 bits per heavy atom. The molecule has 0 spiro atoms. The molecule has 0 radical (unpaired) electrons. The first-order chi connectivity index (χ1) is 10.1. The summed E-state index contributed by atoms with van der Waals surface area (Å²) in [5.74, 6) is -2.20. The highest BCUT2D eigenvalue weighted by molar-refractivity contribution is 5.68. The molecule has 2 aromatic carbocycles. The Hall–Kier alpha value is -2.37. The number of aliphatic hydroxyl groups is 1. The van der Waals surface area contributed by atoms with Crippen molar-refractivity contribution in [3.05, 3.63) is 65.7 Å². The summed E-state index contributed by atoms with van der Waals surface area (Å²) in [5.41, 5.74) is 1.13. The van der Waals surface area contributed by atoms with E-state index in [0.717, 1.165) is 0 Å². The number of aliphatic carboxylic acids is 1. The summed E-state index contributed by atoms with van der Waals surface area (Å²) in [6.45, 7) is -0.410. The van der Waals surface area contributed by atoms with Crippen molar-refractivity contribution in [2.24, 2.45) is 0 Å². The minimum atomic E-state index is -1.56. The molecule has 0 aliphatic carbocycles. The van der Waals surface area contributed by atoms with Crippen LogP contribution in [0.5, 0.6) is 5.75 Å². The van der Waals surface area contributed by atoms with E-state index in [-0.39, 0.29) is 0 Å². The minimum Gasteiger partial charge on any atom is -0.482 e. The van der Waals surface area contributed by atoms with Crippen LogP contribution < -0.4 is 4.74 Å². The van der Waals surface area contributed by atoms with E-state index in [4.69, 9.17) is 14.6 Å². The molecule has 5 heteroatoms. The third-order valence-electron chi connectivity index (χ3n) is 3.07. The second kappa shape index (κ2) is 6.39. The predicted molar refractivity (Wildman–Crippen MR) is 76.0 cm³/mol. The van der Waals surface area contributed by atoms with Gasteiger partial charge in [0.2, 0.25) is 5.79 Å². The van der Waals surface area contributed by atoms with Crippen LogP contribution in [-0.2, 0) is 15.3 Å². The number of benzene rings is 2. The van der Waals surface area contributed by atoms with Crippen LogP contribution in [0.1, 0.15) is 11.1 Å². The number of carboxylic acid groups (broad SMARTS) is 1. The molecule has 1 unspecified atom stereocenters. The van der Waals surface area contributed by atoms with Gasteiger partial charge in [0.05, 0.1) is 0 Å². The van der Waals surface area contributed by atoms with Gasteiger partial charge in [-0.2, -0.15) is 0 Å². The monoisotopic (exact) mass is 288 g/mol. The normalized spacial score (nSPS) is 13.4. The fraction of sp³-hybridized carbons (Fsp3) is 0.188. The fourth-order valence-electron chi connectivity index (χ4n) is 1.99. The Labute approximate surface area is 122 Å². The summed E-state index contributed by atoms with van der Waals surface area (Å²) < 4.78 is 10.3. The maximum atomic E-state index is 10.7. The van der Waals surface area contributed by atoms with Gasteiger partial charge in [0.15, 0.2) is 6.61 Å². The van der Waals surface area contributed by atoms with Crippen LogP contribution in [0.4, 0.5) is 0 Å². The smallest absolute Gasteiger partial charge is 0.341 e. The third kappa shape index (κ3) is 3.39. The van der Waals surface area contributed by atoms with Gasteiger partial charge in [0.1, 0.15) is 5.75 Å². The summed E-state index contributed by atoms with van der Waals surface area (Å²) in [7, 11) is 1.42. The maximum Gasteiger partial charge on any atom is 0.341 e. The first kappa shape index (κ1) is 15.0. The van der Waals surface area contributed by atoms with E-state index in [9.17, 15) is 9.90 Å². The Balaban J connectivity index is 2.25. The van der Waals surface area contributed by atoms with Gasteiger partial charge < -0.3 is 19.7 Å². The number of hydrogen-bond acceptors (Lipinski definition) is 4. The summed E-state index contributed by atoms with van der Waals surface area (Å²) in [6.07, 6.45) is 0. The van der Waals surface area contributed by atoms with Crippen molar-refractivity contribution in [2.75, 3.05) is 13.7 Å². The molecule has 5 nitrogen and oxygen atoms in total. The van der Waals surface area contributed by atoms with Gasteiger partial charge in [-0.25, -0.2) is 4.79 Å². The molecule has 0 aromatic heterocycles. The van der Waals surface area contributed by atoms with Gasteiger partial charge in [0.25, 0.3) is 0 Å². The number of methoxy groups -OCH3 is 1. The molecule has 2 rings (SSSR count). The first-order valence-electron chi connectivity index (χ1n) is 6.34. The molecular weight excluding hydrogens is 272 g/mol. The zero-order valence-electron chi connectivity index (χ0n) is 11.5. The second-order valence-corrected chi connectivity index (χ2v) is 4.42. The Kier molecular flexibility index (Phi) is 4.57. The van der Waals surface area contributed by atoms with Crippen LogP contribution in [-0.4, -0.2) is 29.9 Å². The molecule has 0 saturated carbocycles. The predicted octanol–water partition coefficient (Wildman–Crippen LogP) is 1.99. The molecule has 1 atom stereocenters. The highest BCUT2D eigenvalue weighted by Crippen LogP contribution is 2.31. The van der Waals surface area contributed by atoms with Gasteiger partial charge in [0, 0.05) is 18.2 Å². The van der Waals surface area contributed by atoms with Crippen molar-refractivity contribution in [3.8, 4) is 5.75 Å². The Morgan fingerprint density at radius 1 is 1.05 bits per heavy atom. The van der Waals surface area contributed by atoms with Gasteiger partial charge in [-0.15, -0.1) is 0 Å². The Bertz CT molecular complexity index is 594. The number of carboxylic acids is 1. The lowest BCUT2D eigenvalue weighted by atomic mass is 9.97. The van der Waals surface area contributed by atoms with Gasteiger partial charge in [-0.1, -0.05) is 30.3 Å². The molecule has 0 aliphatic rings. The summed E-state index contributed by atoms with van der Waals surface area (Å²) in [5, 5.41) is 19.3. The zero-order valence-corrected chi connectivity index (χ0v) is 11.5. The standard InChI is InChI=1S/C16H16O5/c1-20-16(19,12-5-3-2-4-6-12)13-7-9-14(10-8-13)21-11-15(17)18/h2-10,19H,11H2,1H3,(H,17,18).